The highest BCUT2D eigenvalue weighted by Gasteiger charge is 2.16. The molecule has 10 aromatic rings. The van der Waals surface area contributed by atoms with Crippen molar-refractivity contribution in [3.63, 3.8) is 0 Å². The SMILES string of the molecule is [2H]c1c([2H])c([2H])c2c(c1[2H])c1cc(-c3ccccc3-c3ccccc3)ccc1n2-c1ccc(-c2ccc(-c3nc(-c4ccccc4)nc(-c4ccccc4)n3)cc2)cc1. The average Bonchev–Trinajstić information content (AvgIpc) is 3.66. The summed E-state index contributed by atoms with van der Waals surface area (Å²) in [6.45, 7) is 0. The first-order chi connectivity index (χ1) is 28.9. The third kappa shape index (κ3) is 6.06. The number of fused-ring (bicyclic) bond motifs is 3. The summed E-state index contributed by atoms with van der Waals surface area (Å²) >= 11 is 0. The Labute approximate surface area is 325 Å². The molecule has 0 N–H and O–H groups in total. The zero-order valence-electron chi connectivity index (χ0n) is 33.6. The standard InChI is InChI=1S/C51H34N4/c1-4-14-37(15-5-1)43-20-10-11-21-44(43)41-30-33-48-46(34-41)45-22-12-13-23-47(45)55(48)42-31-28-36(29-32-42)35-24-26-40(27-25-35)51-53-49(38-16-6-2-7-17-38)52-50(54-51)39-18-8-3-9-19-39/h1-34H/i12D,13D,22D,23D. The van der Waals surface area contributed by atoms with Gasteiger partial charge < -0.3 is 4.57 Å². The highest BCUT2D eigenvalue weighted by molar-refractivity contribution is 6.10. The summed E-state index contributed by atoms with van der Waals surface area (Å²) in [5.74, 6) is 1.80. The van der Waals surface area contributed by atoms with Crippen molar-refractivity contribution in [2.75, 3.05) is 0 Å². The molecule has 258 valence electrons. The number of para-hydroxylation sites is 1. The Bertz CT molecular complexity index is 3110. The molecule has 4 nitrogen and oxygen atoms in total. The van der Waals surface area contributed by atoms with Gasteiger partial charge in [-0.15, -0.1) is 0 Å². The lowest BCUT2D eigenvalue weighted by molar-refractivity contribution is 1.07. The normalized spacial score (nSPS) is 12.3. The number of aromatic nitrogens is 4. The number of hydrogen-bond acceptors (Lipinski definition) is 3. The van der Waals surface area contributed by atoms with Crippen LogP contribution in [0, 0.1) is 0 Å². The van der Waals surface area contributed by atoms with Gasteiger partial charge in [0.25, 0.3) is 0 Å². The van der Waals surface area contributed by atoms with Gasteiger partial charge in [0, 0.05) is 33.2 Å². The van der Waals surface area contributed by atoms with Crippen molar-refractivity contribution >= 4 is 21.8 Å². The number of rotatable bonds is 7. The molecule has 0 radical (unpaired) electrons. The van der Waals surface area contributed by atoms with Crippen molar-refractivity contribution in [3.8, 4) is 73.2 Å². The van der Waals surface area contributed by atoms with Gasteiger partial charge in [0.2, 0.25) is 0 Å². The second-order valence-electron chi connectivity index (χ2n) is 13.4. The fourth-order valence-electron chi connectivity index (χ4n) is 7.31. The summed E-state index contributed by atoms with van der Waals surface area (Å²) in [4.78, 5) is 14.6. The molecule has 2 heterocycles. The molecule has 8 aromatic carbocycles. The predicted octanol–water partition coefficient (Wildman–Crippen LogP) is 13.0. The minimum Gasteiger partial charge on any atom is -0.309 e. The van der Waals surface area contributed by atoms with Crippen LogP contribution in [0.1, 0.15) is 5.48 Å². The Hall–Kier alpha value is -7.43. The Morgan fingerprint density at radius 2 is 0.782 bits per heavy atom. The molecule has 4 heteroatoms. The lowest BCUT2D eigenvalue weighted by Crippen LogP contribution is -2.00. The molecular weight excluding hydrogens is 669 g/mol. The number of hydrogen-bond donors (Lipinski definition) is 0. The van der Waals surface area contributed by atoms with Crippen molar-refractivity contribution in [1.82, 2.24) is 19.5 Å². The lowest BCUT2D eigenvalue weighted by Gasteiger charge is -2.12. The van der Waals surface area contributed by atoms with Gasteiger partial charge in [-0.2, -0.15) is 0 Å². The highest BCUT2D eigenvalue weighted by Crippen LogP contribution is 2.38. The van der Waals surface area contributed by atoms with Crippen molar-refractivity contribution < 1.29 is 5.48 Å². The molecule has 10 rings (SSSR count). The van der Waals surface area contributed by atoms with Gasteiger partial charge in [0.05, 0.1) is 16.5 Å². The molecule has 0 atom stereocenters. The van der Waals surface area contributed by atoms with E-state index >= 15 is 0 Å². The maximum absolute atomic E-state index is 9.08. The van der Waals surface area contributed by atoms with E-state index < -0.39 is 0 Å². The first kappa shape index (κ1) is 28.1. The van der Waals surface area contributed by atoms with Gasteiger partial charge in [0.15, 0.2) is 17.5 Å². The summed E-state index contributed by atoms with van der Waals surface area (Å²) in [5, 5.41) is 1.25. The third-order valence-corrected chi connectivity index (χ3v) is 10.0. The first-order valence-electron chi connectivity index (χ1n) is 20.2. The van der Waals surface area contributed by atoms with Crippen LogP contribution < -0.4 is 0 Å². The van der Waals surface area contributed by atoms with Crippen LogP contribution >= 0.6 is 0 Å². The topological polar surface area (TPSA) is 43.6 Å². The second-order valence-corrected chi connectivity index (χ2v) is 13.4. The average molecular weight is 707 g/mol. The van der Waals surface area contributed by atoms with Crippen LogP contribution in [0.15, 0.2) is 206 Å². The van der Waals surface area contributed by atoms with Gasteiger partial charge >= 0.3 is 0 Å². The fraction of sp³-hybridized carbons (Fsp3) is 0. The van der Waals surface area contributed by atoms with E-state index in [9.17, 15) is 0 Å². The molecule has 0 unspecified atom stereocenters. The monoisotopic (exact) mass is 706 g/mol. The maximum Gasteiger partial charge on any atom is 0.164 e. The highest BCUT2D eigenvalue weighted by atomic mass is 15.0. The van der Waals surface area contributed by atoms with E-state index in [2.05, 4.69) is 48.5 Å². The molecule has 0 fully saturated rings. The molecule has 0 aliphatic rings. The van der Waals surface area contributed by atoms with E-state index in [1.807, 2.05) is 138 Å². The summed E-state index contributed by atoms with van der Waals surface area (Å²) in [6, 6.07) is 60.1. The summed E-state index contributed by atoms with van der Waals surface area (Å²) in [6.07, 6.45) is 0. The van der Waals surface area contributed by atoms with E-state index in [1.54, 1.807) is 0 Å². The zero-order valence-corrected chi connectivity index (χ0v) is 29.6. The van der Waals surface area contributed by atoms with Crippen LogP contribution in [0.3, 0.4) is 0 Å². The molecular formula is C51H34N4. The second kappa shape index (κ2) is 13.8. The van der Waals surface area contributed by atoms with Crippen molar-refractivity contribution in [3.05, 3.63) is 206 Å². The smallest absolute Gasteiger partial charge is 0.164 e. The van der Waals surface area contributed by atoms with E-state index in [0.29, 0.717) is 28.4 Å². The summed E-state index contributed by atoms with van der Waals surface area (Å²) in [5.41, 5.74) is 10.9. The Balaban J connectivity index is 1.04. The van der Waals surface area contributed by atoms with Gasteiger partial charge in [0.1, 0.15) is 0 Å². The molecule has 0 saturated heterocycles. The summed E-state index contributed by atoms with van der Waals surface area (Å²) in [7, 11) is 0. The maximum atomic E-state index is 9.08. The van der Waals surface area contributed by atoms with Crippen LogP contribution in [0.4, 0.5) is 0 Å². The molecule has 0 saturated carbocycles. The van der Waals surface area contributed by atoms with Crippen molar-refractivity contribution in [1.29, 1.82) is 0 Å². The van der Waals surface area contributed by atoms with Crippen LogP contribution in [-0.2, 0) is 0 Å². The van der Waals surface area contributed by atoms with Crippen molar-refractivity contribution in [2.45, 2.75) is 0 Å². The molecule has 0 aliphatic heterocycles. The molecule has 0 aliphatic carbocycles. The molecule has 0 spiro atoms. The number of nitrogens with zero attached hydrogens (tertiary/aromatic N) is 4. The first-order valence-corrected chi connectivity index (χ1v) is 18.2. The fourth-order valence-corrected chi connectivity index (χ4v) is 7.31. The lowest BCUT2D eigenvalue weighted by atomic mass is 9.94. The Morgan fingerprint density at radius 1 is 0.345 bits per heavy atom. The predicted molar refractivity (Wildman–Crippen MR) is 227 cm³/mol. The Morgan fingerprint density at radius 3 is 1.36 bits per heavy atom. The summed E-state index contributed by atoms with van der Waals surface area (Å²) < 4.78 is 37.3. The minimum atomic E-state index is -0.261. The van der Waals surface area contributed by atoms with E-state index in [4.69, 9.17) is 20.4 Å². The molecule has 55 heavy (non-hydrogen) atoms. The van der Waals surface area contributed by atoms with E-state index in [0.717, 1.165) is 66.7 Å². The van der Waals surface area contributed by atoms with Gasteiger partial charge in [-0.25, -0.2) is 15.0 Å². The van der Waals surface area contributed by atoms with Crippen LogP contribution in [0.25, 0.3) is 95.0 Å². The van der Waals surface area contributed by atoms with Crippen LogP contribution in [-0.4, -0.2) is 19.5 Å². The molecule has 2 aromatic heterocycles. The van der Waals surface area contributed by atoms with Crippen LogP contribution in [0.5, 0.6) is 0 Å². The van der Waals surface area contributed by atoms with Crippen molar-refractivity contribution in [2.24, 2.45) is 0 Å². The molecule has 0 amide bonds. The van der Waals surface area contributed by atoms with Gasteiger partial charge in [-0.1, -0.05) is 176 Å². The van der Waals surface area contributed by atoms with Gasteiger partial charge in [-0.3, -0.25) is 0 Å². The zero-order chi connectivity index (χ0) is 40.0. The quantitative estimate of drug-likeness (QED) is 0.166. The largest absolute Gasteiger partial charge is 0.309 e. The molecule has 0 bridgehead atoms. The van der Waals surface area contributed by atoms with E-state index in [1.165, 1.54) is 0 Å². The Kier molecular flexibility index (Phi) is 7.08. The third-order valence-electron chi connectivity index (χ3n) is 10.0. The minimum absolute atomic E-state index is 0.0556. The van der Waals surface area contributed by atoms with Gasteiger partial charge in [-0.05, 0) is 63.7 Å². The number of benzene rings is 8. The van der Waals surface area contributed by atoms with Crippen LogP contribution in [0.2, 0.25) is 0 Å². The van der Waals surface area contributed by atoms with E-state index in [-0.39, 0.29) is 24.2 Å².